The molecule has 174 valence electrons. The Bertz CT molecular complexity index is 1100. The third-order valence-electron chi connectivity index (χ3n) is 5.95. The molecule has 1 aliphatic heterocycles. The molecule has 3 heterocycles. The Balaban J connectivity index is 1.58. The van der Waals surface area contributed by atoms with Crippen molar-refractivity contribution in [3.63, 3.8) is 0 Å². The highest BCUT2D eigenvalue weighted by Gasteiger charge is 2.28. The van der Waals surface area contributed by atoms with E-state index in [9.17, 15) is 0 Å². The lowest BCUT2D eigenvalue weighted by Crippen LogP contribution is -2.24. The van der Waals surface area contributed by atoms with Gasteiger partial charge in [-0.3, -0.25) is 9.88 Å². The van der Waals surface area contributed by atoms with E-state index in [4.69, 9.17) is 14.5 Å². The van der Waals surface area contributed by atoms with E-state index in [1.807, 2.05) is 39.0 Å². The molecular weight excluding hydrogens is 414 g/mol. The van der Waals surface area contributed by atoms with Crippen molar-refractivity contribution in [3.8, 4) is 5.75 Å². The number of aryl methyl sites for hydroxylation is 3. The number of likely N-dealkylation sites (tertiary alicyclic amines) is 1. The van der Waals surface area contributed by atoms with E-state index < -0.39 is 0 Å². The maximum Gasteiger partial charge on any atom is 0.227 e. The molecule has 0 amide bonds. The number of ether oxygens (including phenoxy) is 2. The van der Waals surface area contributed by atoms with E-state index in [-0.39, 0.29) is 6.04 Å². The molecule has 2 aromatic heterocycles. The molecule has 0 unspecified atom stereocenters. The van der Waals surface area contributed by atoms with Crippen LogP contribution in [0.4, 0.5) is 11.6 Å². The van der Waals surface area contributed by atoms with E-state index in [0.29, 0.717) is 12.6 Å². The van der Waals surface area contributed by atoms with Gasteiger partial charge in [-0.1, -0.05) is 6.07 Å². The van der Waals surface area contributed by atoms with Crippen LogP contribution in [0, 0.1) is 20.8 Å². The first kappa shape index (κ1) is 23.1. The predicted octanol–water partition coefficient (Wildman–Crippen LogP) is 5.03. The number of methoxy groups -OCH3 is 2. The van der Waals surface area contributed by atoms with Crippen LogP contribution in [0.15, 0.2) is 36.4 Å². The van der Waals surface area contributed by atoms with E-state index >= 15 is 0 Å². The predicted molar refractivity (Wildman–Crippen MR) is 130 cm³/mol. The van der Waals surface area contributed by atoms with Crippen molar-refractivity contribution in [2.75, 3.05) is 26.1 Å². The van der Waals surface area contributed by atoms with Crippen LogP contribution in [0.3, 0.4) is 0 Å². The van der Waals surface area contributed by atoms with Gasteiger partial charge in [-0.2, -0.15) is 0 Å². The Morgan fingerprint density at radius 1 is 0.970 bits per heavy atom. The molecular formula is C26H33N5O2. The van der Waals surface area contributed by atoms with E-state index in [0.717, 1.165) is 65.7 Å². The fraction of sp³-hybridized carbons (Fsp3) is 0.423. The minimum atomic E-state index is 0.251. The van der Waals surface area contributed by atoms with Crippen LogP contribution in [-0.4, -0.2) is 40.6 Å². The molecule has 1 saturated heterocycles. The number of pyridine rings is 1. The summed E-state index contributed by atoms with van der Waals surface area (Å²) in [5.41, 5.74) is 7.24. The summed E-state index contributed by atoms with van der Waals surface area (Å²) in [6.45, 7) is 8.43. The second-order valence-corrected chi connectivity index (χ2v) is 8.73. The van der Waals surface area contributed by atoms with Gasteiger partial charge in [-0.05, 0) is 76.1 Å². The third-order valence-corrected chi connectivity index (χ3v) is 5.95. The zero-order chi connectivity index (χ0) is 23.4. The highest BCUT2D eigenvalue weighted by Crippen LogP contribution is 2.35. The quantitative estimate of drug-likeness (QED) is 0.519. The van der Waals surface area contributed by atoms with Crippen molar-refractivity contribution in [2.24, 2.45) is 0 Å². The smallest absolute Gasteiger partial charge is 0.227 e. The van der Waals surface area contributed by atoms with Gasteiger partial charge < -0.3 is 14.8 Å². The molecule has 0 bridgehead atoms. The molecule has 1 fully saturated rings. The highest BCUT2D eigenvalue weighted by molar-refractivity contribution is 5.55. The number of rotatable bonds is 8. The maximum atomic E-state index is 5.65. The molecule has 3 aromatic rings. The van der Waals surface area contributed by atoms with Crippen LogP contribution in [0.2, 0.25) is 0 Å². The summed E-state index contributed by atoms with van der Waals surface area (Å²) in [7, 11) is 3.45. The molecule has 1 aliphatic rings. The number of hydrogen-bond acceptors (Lipinski definition) is 7. The van der Waals surface area contributed by atoms with Crippen molar-refractivity contribution >= 4 is 11.6 Å². The van der Waals surface area contributed by atoms with Crippen LogP contribution in [0.1, 0.15) is 52.8 Å². The van der Waals surface area contributed by atoms with E-state index in [2.05, 4.69) is 38.4 Å². The molecule has 33 heavy (non-hydrogen) atoms. The largest absolute Gasteiger partial charge is 0.496 e. The summed E-state index contributed by atoms with van der Waals surface area (Å²) >= 11 is 0. The highest BCUT2D eigenvalue weighted by atomic mass is 16.5. The van der Waals surface area contributed by atoms with Crippen LogP contribution in [0.5, 0.6) is 5.75 Å². The Hall–Kier alpha value is -3.03. The number of aromatic nitrogens is 3. The third kappa shape index (κ3) is 5.67. The Kier molecular flexibility index (Phi) is 7.20. The topological polar surface area (TPSA) is 72.4 Å². The number of nitrogens with one attached hydrogen (secondary N) is 1. The van der Waals surface area contributed by atoms with Crippen molar-refractivity contribution in [1.29, 1.82) is 0 Å². The number of anilines is 2. The molecule has 1 N–H and O–H groups in total. The van der Waals surface area contributed by atoms with Crippen LogP contribution >= 0.6 is 0 Å². The molecule has 1 aromatic carbocycles. The summed E-state index contributed by atoms with van der Waals surface area (Å²) in [5, 5.41) is 3.38. The number of benzene rings is 1. The van der Waals surface area contributed by atoms with Gasteiger partial charge >= 0.3 is 0 Å². The first-order chi connectivity index (χ1) is 15.9. The first-order valence-corrected chi connectivity index (χ1v) is 11.4. The average Bonchev–Trinajstić information content (AvgIpc) is 3.21. The minimum Gasteiger partial charge on any atom is -0.496 e. The lowest BCUT2D eigenvalue weighted by Gasteiger charge is -2.26. The molecule has 1 atom stereocenters. The summed E-state index contributed by atoms with van der Waals surface area (Å²) in [6.07, 6.45) is 2.22. The zero-order valence-corrected chi connectivity index (χ0v) is 20.2. The summed E-state index contributed by atoms with van der Waals surface area (Å²) in [5.74, 6) is 1.53. The fourth-order valence-corrected chi connectivity index (χ4v) is 4.63. The SMILES string of the molecule is COCc1ccc(OC)c(CN2CCC[C@@H]2c2cc(Nc3nc(C)cc(C)n3)cc(C)n2)c1. The minimum absolute atomic E-state index is 0.251. The lowest BCUT2D eigenvalue weighted by molar-refractivity contribution is 0.184. The summed E-state index contributed by atoms with van der Waals surface area (Å²) < 4.78 is 11.0. The van der Waals surface area contributed by atoms with Gasteiger partial charge in [0.25, 0.3) is 0 Å². The molecule has 0 spiro atoms. The fourth-order valence-electron chi connectivity index (χ4n) is 4.63. The van der Waals surface area contributed by atoms with Gasteiger partial charge in [0.15, 0.2) is 0 Å². The van der Waals surface area contributed by atoms with E-state index in [1.165, 1.54) is 5.56 Å². The van der Waals surface area contributed by atoms with Crippen LogP contribution < -0.4 is 10.1 Å². The van der Waals surface area contributed by atoms with Crippen LogP contribution in [0.25, 0.3) is 0 Å². The van der Waals surface area contributed by atoms with Crippen molar-refractivity contribution < 1.29 is 9.47 Å². The van der Waals surface area contributed by atoms with Crippen molar-refractivity contribution in [2.45, 2.75) is 52.8 Å². The van der Waals surface area contributed by atoms with Gasteiger partial charge in [0.2, 0.25) is 5.95 Å². The number of hydrogen-bond donors (Lipinski definition) is 1. The molecule has 7 heteroatoms. The van der Waals surface area contributed by atoms with Gasteiger partial charge in [0.05, 0.1) is 25.5 Å². The second kappa shape index (κ2) is 10.3. The first-order valence-electron chi connectivity index (χ1n) is 11.4. The van der Waals surface area contributed by atoms with Gasteiger partial charge in [-0.25, -0.2) is 9.97 Å². The maximum absolute atomic E-state index is 5.65. The molecule has 7 nitrogen and oxygen atoms in total. The van der Waals surface area contributed by atoms with Gasteiger partial charge in [0.1, 0.15) is 5.75 Å². The standard InChI is InChI=1S/C26H33N5O2/c1-17-11-18(2)29-26(28-17)30-22-12-19(3)27-23(14-22)24-7-6-10-31(24)15-21-13-20(16-32-4)8-9-25(21)33-5/h8-9,11-14,24H,6-7,10,15-16H2,1-5H3,(H,27,28,29,30)/t24-/m1/s1. The van der Waals surface area contributed by atoms with Crippen molar-refractivity contribution in [1.82, 2.24) is 19.9 Å². The summed E-state index contributed by atoms with van der Waals surface area (Å²) in [4.78, 5) is 16.4. The Morgan fingerprint density at radius 3 is 2.45 bits per heavy atom. The lowest BCUT2D eigenvalue weighted by atomic mass is 10.1. The van der Waals surface area contributed by atoms with Gasteiger partial charge in [0, 0.05) is 42.0 Å². The zero-order valence-electron chi connectivity index (χ0n) is 20.2. The molecule has 4 rings (SSSR count). The van der Waals surface area contributed by atoms with Crippen molar-refractivity contribution in [3.05, 3.63) is 70.3 Å². The second-order valence-electron chi connectivity index (χ2n) is 8.73. The molecule has 0 radical (unpaired) electrons. The molecule has 0 saturated carbocycles. The Morgan fingerprint density at radius 2 is 1.73 bits per heavy atom. The van der Waals surface area contributed by atoms with Crippen LogP contribution in [-0.2, 0) is 17.9 Å². The molecule has 0 aliphatic carbocycles. The van der Waals surface area contributed by atoms with Gasteiger partial charge in [-0.15, -0.1) is 0 Å². The number of nitrogens with zero attached hydrogens (tertiary/aromatic N) is 4. The summed E-state index contributed by atoms with van der Waals surface area (Å²) in [6, 6.07) is 12.7. The van der Waals surface area contributed by atoms with E-state index in [1.54, 1.807) is 14.2 Å². The Labute approximate surface area is 196 Å². The normalized spacial score (nSPS) is 16.2. The monoisotopic (exact) mass is 447 g/mol. The average molecular weight is 448 g/mol.